The largest absolute Gasteiger partial charge is 0.368 e. The monoisotopic (exact) mass is 330 g/mol. The minimum absolute atomic E-state index is 0.361. The molecule has 2 N–H and O–H groups in total. The number of hydrogen-bond donors (Lipinski definition) is 1. The van der Waals surface area contributed by atoms with E-state index in [0.717, 1.165) is 0 Å². The molecular weight excluding hydrogens is 308 g/mol. The summed E-state index contributed by atoms with van der Waals surface area (Å²) < 4.78 is 0. The molecule has 2 aliphatic rings. The Kier molecular flexibility index (Phi) is 3.37. The molecule has 3 aromatic rings. The van der Waals surface area contributed by atoms with Gasteiger partial charge in [0.25, 0.3) is 0 Å². The summed E-state index contributed by atoms with van der Waals surface area (Å²) >= 11 is 0. The van der Waals surface area contributed by atoms with Crippen molar-refractivity contribution >= 4 is 22.4 Å². The molecule has 2 fully saturated rings. The van der Waals surface area contributed by atoms with E-state index in [2.05, 4.69) is 57.3 Å². The standard InChI is InChI=1S/C21H22N4/c22-21-23-12-17(13-24-21)16-10-19-7-8-20(11-16)25(19)18-6-5-14-3-1-2-4-15(14)9-18/h1-6,9,12-13,16,19-20H,7-8,10-11H2,(H2,22,23,24). The van der Waals surface area contributed by atoms with E-state index in [4.69, 9.17) is 5.73 Å². The molecule has 3 heterocycles. The molecule has 2 atom stereocenters. The Hall–Kier alpha value is -2.62. The molecule has 0 aliphatic carbocycles. The van der Waals surface area contributed by atoms with Crippen molar-refractivity contribution in [3.05, 3.63) is 60.4 Å². The van der Waals surface area contributed by atoms with Crippen LogP contribution in [0.4, 0.5) is 11.6 Å². The van der Waals surface area contributed by atoms with Crippen LogP contribution in [0, 0.1) is 0 Å². The Morgan fingerprint density at radius 1 is 0.880 bits per heavy atom. The third kappa shape index (κ3) is 2.53. The van der Waals surface area contributed by atoms with Gasteiger partial charge in [0.15, 0.2) is 0 Å². The Morgan fingerprint density at radius 3 is 2.28 bits per heavy atom. The number of hydrogen-bond acceptors (Lipinski definition) is 4. The quantitative estimate of drug-likeness (QED) is 0.768. The van der Waals surface area contributed by atoms with Crippen LogP contribution in [-0.2, 0) is 0 Å². The zero-order valence-corrected chi connectivity index (χ0v) is 14.2. The van der Waals surface area contributed by atoms with Crippen molar-refractivity contribution in [2.45, 2.75) is 43.7 Å². The number of rotatable bonds is 2. The van der Waals surface area contributed by atoms with Crippen molar-refractivity contribution in [3.8, 4) is 0 Å². The minimum atomic E-state index is 0.361. The lowest BCUT2D eigenvalue weighted by atomic mass is 9.86. The van der Waals surface area contributed by atoms with Crippen LogP contribution in [-0.4, -0.2) is 22.1 Å². The SMILES string of the molecule is Nc1ncc(C2CC3CCC(C2)N3c2ccc3ccccc3c2)cn1. The maximum atomic E-state index is 5.64. The van der Waals surface area contributed by atoms with Gasteiger partial charge in [-0.15, -0.1) is 0 Å². The molecule has 2 aromatic carbocycles. The fourth-order valence-corrected chi connectivity index (χ4v) is 4.77. The van der Waals surface area contributed by atoms with Gasteiger partial charge >= 0.3 is 0 Å². The molecule has 0 saturated carbocycles. The highest BCUT2D eigenvalue weighted by Crippen LogP contribution is 2.45. The van der Waals surface area contributed by atoms with E-state index in [9.17, 15) is 0 Å². The zero-order chi connectivity index (χ0) is 16.8. The lowest BCUT2D eigenvalue weighted by molar-refractivity contribution is 0.415. The van der Waals surface area contributed by atoms with Gasteiger partial charge < -0.3 is 10.6 Å². The van der Waals surface area contributed by atoms with Crippen LogP contribution >= 0.6 is 0 Å². The molecule has 2 unspecified atom stereocenters. The topological polar surface area (TPSA) is 55.0 Å². The number of nitrogens with zero attached hydrogens (tertiary/aromatic N) is 3. The lowest BCUT2D eigenvalue weighted by Gasteiger charge is -2.40. The first-order valence-corrected chi connectivity index (χ1v) is 9.12. The van der Waals surface area contributed by atoms with Gasteiger partial charge in [-0.1, -0.05) is 30.3 Å². The molecule has 2 bridgehead atoms. The number of benzene rings is 2. The molecule has 0 amide bonds. The molecule has 4 nitrogen and oxygen atoms in total. The second kappa shape index (κ2) is 5.73. The highest BCUT2D eigenvalue weighted by Gasteiger charge is 2.41. The predicted molar refractivity (Wildman–Crippen MR) is 102 cm³/mol. The first kappa shape index (κ1) is 14.7. The average Bonchev–Trinajstić information content (AvgIpc) is 2.91. The molecular formula is C21H22N4. The maximum Gasteiger partial charge on any atom is 0.219 e. The number of fused-ring (bicyclic) bond motifs is 3. The van der Waals surface area contributed by atoms with Gasteiger partial charge in [0.2, 0.25) is 5.95 Å². The minimum Gasteiger partial charge on any atom is -0.368 e. The zero-order valence-electron chi connectivity index (χ0n) is 14.2. The van der Waals surface area contributed by atoms with Crippen molar-refractivity contribution in [2.75, 3.05) is 10.6 Å². The van der Waals surface area contributed by atoms with Gasteiger partial charge in [0.05, 0.1) is 0 Å². The second-order valence-corrected chi connectivity index (χ2v) is 7.37. The van der Waals surface area contributed by atoms with Crippen molar-refractivity contribution in [2.24, 2.45) is 0 Å². The third-order valence-corrected chi connectivity index (χ3v) is 5.93. The number of piperidine rings is 1. The van der Waals surface area contributed by atoms with Gasteiger partial charge in [0, 0.05) is 30.2 Å². The first-order valence-electron chi connectivity index (χ1n) is 9.12. The normalized spacial score (nSPS) is 25.4. The Balaban J connectivity index is 1.43. The Bertz CT molecular complexity index is 891. The van der Waals surface area contributed by atoms with Crippen LogP contribution in [0.25, 0.3) is 10.8 Å². The summed E-state index contributed by atoms with van der Waals surface area (Å²) in [5, 5.41) is 2.64. The van der Waals surface area contributed by atoms with Crippen LogP contribution in [0.3, 0.4) is 0 Å². The number of aromatic nitrogens is 2. The number of nitrogens with two attached hydrogens (primary N) is 1. The van der Waals surface area contributed by atoms with E-state index >= 15 is 0 Å². The molecule has 2 saturated heterocycles. The summed E-state index contributed by atoms with van der Waals surface area (Å²) in [4.78, 5) is 11.0. The molecule has 2 aliphatic heterocycles. The fourth-order valence-electron chi connectivity index (χ4n) is 4.77. The van der Waals surface area contributed by atoms with Gasteiger partial charge in [-0.05, 0) is 60.1 Å². The van der Waals surface area contributed by atoms with Gasteiger partial charge in [0.1, 0.15) is 0 Å². The third-order valence-electron chi connectivity index (χ3n) is 5.93. The molecule has 126 valence electrons. The summed E-state index contributed by atoms with van der Waals surface area (Å²) in [6.07, 6.45) is 8.75. The Labute approximate surface area is 147 Å². The van der Waals surface area contributed by atoms with Crippen LogP contribution in [0.5, 0.6) is 0 Å². The maximum absolute atomic E-state index is 5.64. The van der Waals surface area contributed by atoms with E-state index in [1.165, 1.54) is 47.7 Å². The summed E-state index contributed by atoms with van der Waals surface area (Å²) in [6, 6.07) is 16.7. The van der Waals surface area contributed by atoms with Crippen LogP contribution in [0.15, 0.2) is 54.9 Å². The number of anilines is 2. The molecule has 0 spiro atoms. The molecule has 5 rings (SSSR count). The van der Waals surface area contributed by atoms with E-state index in [-0.39, 0.29) is 0 Å². The van der Waals surface area contributed by atoms with Crippen LogP contribution in [0.1, 0.15) is 37.2 Å². The molecule has 4 heteroatoms. The summed E-state index contributed by atoms with van der Waals surface area (Å²) in [6.45, 7) is 0. The van der Waals surface area contributed by atoms with Crippen LogP contribution < -0.4 is 10.6 Å². The van der Waals surface area contributed by atoms with E-state index in [1.807, 2.05) is 12.4 Å². The van der Waals surface area contributed by atoms with E-state index < -0.39 is 0 Å². The highest BCUT2D eigenvalue weighted by molar-refractivity contribution is 5.86. The molecule has 0 radical (unpaired) electrons. The van der Waals surface area contributed by atoms with Gasteiger partial charge in [-0.25, -0.2) is 9.97 Å². The summed E-state index contributed by atoms with van der Waals surface area (Å²) in [5.41, 5.74) is 8.25. The van der Waals surface area contributed by atoms with Crippen molar-refractivity contribution in [1.82, 2.24) is 9.97 Å². The van der Waals surface area contributed by atoms with Gasteiger partial charge in [-0.2, -0.15) is 0 Å². The average molecular weight is 330 g/mol. The van der Waals surface area contributed by atoms with Crippen molar-refractivity contribution < 1.29 is 0 Å². The smallest absolute Gasteiger partial charge is 0.219 e. The highest BCUT2D eigenvalue weighted by atomic mass is 15.2. The van der Waals surface area contributed by atoms with Crippen molar-refractivity contribution in [1.29, 1.82) is 0 Å². The molecule has 1 aromatic heterocycles. The molecule has 25 heavy (non-hydrogen) atoms. The summed E-state index contributed by atoms with van der Waals surface area (Å²) in [7, 11) is 0. The predicted octanol–water partition coefficient (Wildman–Crippen LogP) is 4.13. The van der Waals surface area contributed by atoms with E-state index in [0.29, 0.717) is 23.9 Å². The van der Waals surface area contributed by atoms with Crippen LogP contribution in [0.2, 0.25) is 0 Å². The lowest BCUT2D eigenvalue weighted by Crippen LogP contribution is -2.42. The first-order chi connectivity index (χ1) is 12.3. The summed E-state index contributed by atoms with van der Waals surface area (Å²) in [5.74, 6) is 0.912. The van der Waals surface area contributed by atoms with E-state index in [1.54, 1.807) is 0 Å². The second-order valence-electron chi connectivity index (χ2n) is 7.37. The van der Waals surface area contributed by atoms with Crippen molar-refractivity contribution in [3.63, 3.8) is 0 Å². The van der Waals surface area contributed by atoms with Gasteiger partial charge in [-0.3, -0.25) is 0 Å². The fraction of sp³-hybridized carbons (Fsp3) is 0.333. The number of nitrogen functional groups attached to an aromatic ring is 1. The Morgan fingerprint density at radius 2 is 1.56 bits per heavy atom.